The van der Waals surface area contributed by atoms with Crippen LogP contribution in [0.5, 0.6) is 5.75 Å². The number of rotatable bonds is 12. The molecule has 9 heteroatoms. The molecule has 2 amide bonds. The van der Waals surface area contributed by atoms with Crippen LogP contribution in [0.15, 0.2) is 77.7 Å². The van der Waals surface area contributed by atoms with Crippen molar-refractivity contribution in [2.24, 2.45) is 0 Å². The van der Waals surface area contributed by atoms with Crippen LogP contribution in [0.1, 0.15) is 55.7 Å². The number of nitrogens with zero attached hydrogens (tertiary/aromatic N) is 2. The van der Waals surface area contributed by atoms with E-state index in [-0.39, 0.29) is 29.1 Å². The molecule has 0 aromatic heterocycles. The second-order valence-electron chi connectivity index (χ2n) is 10.9. The van der Waals surface area contributed by atoms with Gasteiger partial charge in [0.2, 0.25) is 11.8 Å². The SMILES string of the molecule is CC[C@@H](C(=O)NC1CCCC1)N(Cc1ccccc1)C(=O)CN(c1cc(C)ccc1OC)S(=O)(=O)c1ccc(C)cc1. The van der Waals surface area contributed by atoms with E-state index in [1.54, 1.807) is 24.3 Å². The van der Waals surface area contributed by atoms with Crippen LogP contribution in [0.25, 0.3) is 0 Å². The van der Waals surface area contributed by atoms with Crippen LogP contribution in [0.4, 0.5) is 5.69 Å². The summed E-state index contributed by atoms with van der Waals surface area (Å²) >= 11 is 0. The predicted molar refractivity (Wildman–Crippen MR) is 165 cm³/mol. The molecule has 0 unspecified atom stereocenters. The van der Waals surface area contributed by atoms with Gasteiger partial charge in [0.15, 0.2) is 0 Å². The molecular formula is C33H41N3O5S. The van der Waals surface area contributed by atoms with Gasteiger partial charge in [0.05, 0.1) is 17.7 Å². The highest BCUT2D eigenvalue weighted by atomic mass is 32.2. The van der Waals surface area contributed by atoms with Crippen LogP contribution >= 0.6 is 0 Å². The van der Waals surface area contributed by atoms with E-state index in [0.717, 1.165) is 46.7 Å². The fourth-order valence-electron chi connectivity index (χ4n) is 5.41. The summed E-state index contributed by atoms with van der Waals surface area (Å²) in [5.41, 5.74) is 2.83. The summed E-state index contributed by atoms with van der Waals surface area (Å²) in [7, 11) is -2.72. The maximum absolute atomic E-state index is 14.3. The molecule has 1 aliphatic carbocycles. The summed E-state index contributed by atoms with van der Waals surface area (Å²) in [6.45, 7) is 5.26. The Morgan fingerprint density at radius 3 is 2.21 bits per heavy atom. The largest absolute Gasteiger partial charge is 0.495 e. The molecule has 3 aromatic carbocycles. The van der Waals surface area contributed by atoms with E-state index in [1.165, 1.54) is 24.1 Å². The number of sulfonamides is 1. The van der Waals surface area contributed by atoms with Gasteiger partial charge in [-0.3, -0.25) is 13.9 Å². The monoisotopic (exact) mass is 591 g/mol. The Bertz CT molecular complexity index is 1470. The maximum Gasteiger partial charge on any atom is 0.264 e. The third-order valence-corrected chi connectivity index (χ3v) is 9.55. The van der Waals surface area contributed by atoms with Gasteiger partial charge in [-0.05, 0) is 68.5 Å². The Morgan fingerprint density at radius 2 is 1.60 bits per heavy atom. The van der Waals surface area contributed by atoms with Gasteiger partial charge in [-0.25, -0.2) is 8.42 Å². The molecule has 8 nitrogen and oxygen atoms in total. The topological polar surface area (TPSA) is 96.0 Å². The lowest BCUT2D eigenvalue weighted by Crippen LogP contribution is -2.53. The fourth-order valence-corrected chi connectivity index (χ4v) is 6.83. The zero-order chi connectivity index (χ0) is 30.3. The average Bonchev–Trinajstić information content (AvgIpc) is 3.49. The van der Waals surface area contributed by atoms with Crippen molar-refractivity contribution in [2.45, 2.75) is 76.4 Å². The molecule has 0 radical (unpaired) electrons. The number of hydrogen-bond acceptors (Lipinski definition) is 5. The summed E-state index contributed by atoms with van der Waals surface area (Å²) in [5.74, 6) is -0.369. The smallest absolute Gasteiger partial charge is 0.264 e. The normalized spacial score (nSPS) is 14.3. The van der Waals surface area contributed by atoms with E-state index in [0.29, 0.717) is 12.2 Å². The highest BCUT2D eigenvalue weighted by Gasteiger charge is 2.35. The van der Waals surface area contributed by atoms with Crippen molar-refractivity contribution < 1.29 is 22.7 Å². The van der Waals surface area contributed by atoms with Crippen LogP contribution in [-0.2, 0) is 26.2 Å². The summed E-state index contributed by atoms with van der Waals surface area (Å²) in [6, 6.07) is 20.5. The van der Waals surface area contributed by atoms with E-state index in [4.69, 9.17) is 4.74 Å². The van der Waals surface area contributed by atoms with E-state index in [2.05, 4.69) is 5.32 Å². The maximum atomic E-state index is 14.3. The van der Waals surface area contributed by atoms with Gasteiger partial charge in [-0.1, -0.05) is 73.9 Å². The van der Waals surface area contributed by atoms with Crippen molar-refractivity contribution in [3.63, 3.8) is 0 Å². The molecule has 42 heavy (non-hydrogen) atoms. The zero-order valence-corrected chi connectivity index (χ0v) is 25.7. The lowest BCUT2D eigenvalue weighted by molar-refractivity contribution is -0.140. The molecule has 0 heterocycles. The molecular weight excluding hydrogens is 550 g/mol. The molecule has 1 aliphatic rings. The summed E-state index contributed by atoms with van der Waals surface area (Å²) in [4.78, 5) is 29.4. The van der Waals surface area contributed by atoms with Crippen molar-refractivity contribution in [3.05, 3.63) is 89.5 Å². The quantitative estimate of drug-likeness (QED) is 0.305. The van der Waals surface area contributed by atoms with Crippen LogP contribution in [0.2, 0.25) is 0 Å². The first-order valence-electron chi connectivity index (χ1n) is 14.5. The molecule has 4 rings (SSSR count). The Morgan fingerprint density at radius 1 is 0.952 bits per heavy atom. The minimum absolute atomic E-state index is 0.0603. The Kier molecular flexibility index (Phi) is 10.3. The van der Waals surface area contributed by atoms with E-state index in [1.807, 2.05) is 57.2 Å². The number of amides is 2. The first kappa shape index (κ1) is 31.1. The third-order valence-electron chi connectivity index (χ3n) is 7.77. The van der Waals surface area contributed by atoms with E-state index < -0.39 is 28.5 Å². The average molecular weight is 592 g/mol. The summed E-state index contributed by atoms with van der Waals surface area (Å²) in [5, 5.41) is 3.14. The van der Waals surface area contributed by atoms with E-state index in [9.17, 15) is 18.0 Å². The van der Waals surface area contributed by atoms with Crippen molar-refractivity contribution in [3.8, 4) is 5.75 Å². The molecule has 1 saturated carbocycles. The van der Waals surface area contributed by atoms with Gasteiger partial charge >= 0.3 is 0 Å². The Labute approximate surface area is 249 Å². The highest BCUT2D eigenvalue weighted by molar-refractivity contribution is 7.92. The minimum atomic E-state index is -4.19. The molecule has 1 N–H and O–H groups in total. The van der Waals surface area contributed by atoms with Crippen molar-refractivity contribution in [1.82, 2.24) is 10.2 Å². The standard InChI is InChI=1S/C33H41N3O5S/c1-5-29(33(38)34-27-13-9-10-14-27)35(22-26-11-7-6-8-12-26)32(37)23-36(30-21-25(3)17-20-31(30)41-4)42(39,40)28-18-15-24(2)16-19-28/h6-8,11-12,15-21,27,29H,5,9-10,13-14,22-23H2,1-4H3,(H,34,38)/t29-/m0/s1. The second-order valence-corrected chi connectivity index (χ2v) is 12.8. The molecule has 1 fully saturated rings. The van der Waals surface area contributed by atoms with Crippen LogP contribution in [0, 0.1) is 13.8 Å². The van der Waals surface area contributed by atoms with Gasteiger partial charge in [0, 0.05) is 12.6 Å². The van der Waals surface area contributed by atoms with Gasteiger partial charge in [-0.2, -0.15) is 0 Å². The Hall–Kier alpha value is -3.85. The molecule has 0 bridgehead atoms. The number of hydrogen-bond donors (Lipinski definition) is 1. The number of anilines is 1. The number of nitrogens with one attached hydrogen (secondary N) is 1. The lowest BCUT2D eigenvalue weighted by Gasteiger charge is -2.34. The van der Waals surface area contributed by atoms with Crippen LogP contribution < -0.4 is 14.4 Å². The first-order chi connectivity index (χ1) is 20.1. The molecule has 1 atom stereocenters. The number of methoxy groups -OCH3 is 1. The second kappa shape index (κ2) is 13.9. The number of carbonyl (C=O) groups excluding carboxylic acids is 2. The molecule has 0 saturated heterocycles. The molecule has 224 valence electrons. The third kappa shape index (κ3) is 7.31. The molecule has 3 aromatic rings. The number of benzene rings is 3. The molecule has 0 aliphatic heterocycles. The number of carbonyl (C=O) groups is 2. The summed E-state index contributed by atoms with van der Waals surface area (Å²) in [6.07, 6.45) is 4.36. The van der Waals surface area contributed by atoms with Gasteiger partial charge in [-0.15, -0.1) is 0 Å². The van der Waals surface area contributed by atoms with Gasteiger partial charge in [0.25, 0.3) is 10.0 Å². The van der Waals surface area contributed by atoms with Crippen molar-refractivity contribution in [1.29, 1.82) is 0 Å². The fraction of sp³-hybridized carbons (Fsp3) is 0.394. The lowest BCUT2D eigenvalue weighted by atomic mass is 10.1. The van der Waals surface area contributed by atoms with Crippen LogP contribution in [0.3, 0.4) is 0 Å². The number of aryl methyl sites for hydroxylation is 2. The predicted octanol–water partition coefficient (Wildman–Crippen LogP) is 5.37. The van der Waals surface area contributed by atoms with Gasteiger partial charge < -0.3 is 15.0 Å². The first-order valence-corrected chi connectivity index (χ1v) is 16.0. The van der Waals surface area contributed by atoms with E-state index >= 15 is 0 Å². The minimum Gasteiger partial charge on any atom is -0.495 e. The van der Waals surface area contributed by atoms with Crippen LogP contribution in [-0.4, -0.2) is 50.9 Å². The Balaban J connectivity index is 1.75. The highest BCUT2D eigenvalue weighted by Crippen LogP contribution is 2.34. The number of ether oxygens (including phenoxy) is 1. The summed E-state index contributed by atoms with van der Waals surface area (Å²) < 4.78 is 35.0. The zero-order valence-electron chi connectivity index (χ0n) is 24.9. The van der Waals surface area contributed by atoms with Gasteiger partial charge in [0.1, 0.15) is 18.3 Å². The molecule has 0 spiro atoms. The van der Waals surface area contributed by atoms with Crippen molar-refractivity contribution >= 4 is 27.5 Å². The van der Waals surface area contributed by atoms with Crippen molar-refractivity contribution in [2.75, 3.05) is 18.0 Å².